The van der Waals surface area contributed by atoms with Gasteiger partial charge in [-0.25, -0.2) is 0 Å². The van der Waals surface area contributed by atoms with Gasteiger partial charge < -0.3 is 14.2 Å². The summed E-state index contributed by atoms with van der Waals surface area (Å²) >= 11 is 0. The van der Waals surface area contributed by atoms with Crippen molar-refractivity contribution in [1.82, 2.24) is 0 Å². The Balaban J connectivity index is 4.98. The molecule has 0 spiro atoms. The fourth-order valence-electron chi connectivity index (χ4n) is 3.95. The highest BCUT2D eigenvalue weighted by molar-refractivity contribution is 4.80. The number of rotatable bonds is 23. The second-order valence-electron chi connectivity index (χ2n) is 8.62. The van der Waals surface area contributed by atoms with Crippen molar-refractivity contribution in [3.05, 3.63) is 12.3 Å². The highest BCUT2D eigenvalue weighted by Gasteiger charge is 2.38. The van der Waals surface area contributed by atoms with Crippen LogP contribution in [0.4, 0.5) is 0 Å². The highest BCUT2D eigenvalue weighted by atomic mass is 16.7. The monoisotopic (exact) mass is 426 g/mol. The van der Waals surface area contributed by atoms with Crippen molar-refractivity contribution in [2.45, 2.75) is 137 Å². The number of hydrogen-bond acceptors (Lipinski definition) is 3. The minimum Gasteiger partial charge on any atom is -0.502 e. The SMILES string of the molecule is CCC=COCCCC(CCCCCCCC)C(CC)(OCCCC)OCCCC. The van der Waals surface area contributed by atoms with Crippen molar-refractivity contribution in [2.24, 2.45) is 5.92 Å². The third-order valence-electron chi connectivity index (χ3n) is 5.95. The molecular weight excluding hydrogens is 372 g/mol. The normalized spacial score (nSPS) is 13.2. The van der Waals surface area contributed by atoms with Gasteiger partial charge >= 0.3 is 0 Å². The predicted molar refractivity (Wildman–Crippen MR) is 131 cm³/mol. The Labute approximate surface area is 189 Å². The molecule has 0 aliphatic rings. The van der Waals surface area contributed by atoms with Gasteiger partial charge in [0.05, 0.1) is 26.1 Å². The maximum Gasteiger partial charge on any atom is 0.170 e. The second-order valence-corrected chi connectivity index (χ2v) is 8.62. The van der Waals surface area contributed by atoms with Crippen molar-refractivity contribution < 1.29 is 14.2 Å². The van der Waals surface area contributed by atoms with E-state index in [0.717, 1.165) is 71.2 Å². The molecule has 0 heterocycles. The smallest absolute Gasteiger partial charge is 0.170 e. The first-order chi connectivity index (χ1) is 14.7. The Hall–Kier alpha value is -0.540. The molecule has 3 nitrogen and oxygen atoms in total. The standard InChI is InChI=1S/C27H54O3/c1-6-11-15-16-17-18-20-26(21-19-23-28-22-12-7-2)27(10-5,29-24-13-8-3)30-25-14-9-4/h12,22,26H,6-11,13-21,23-25H2,1-5H3. The molecule has 0 aromatic heterocycles. The van der Waals surface area contributed by atoms with E-state index in [1.807, 2.05) is 6.26 Å². The van der Waals surface area contributed by atoms with Gasteiger partial charge in [-0.1, -0.05) is 92.1 Å². The first-order valence-electron chi connectivity index (χ1n) is 13.2. The zero-order valence-electron chi connectivity index (χ0n) is 21.2. The zero-order valence-corrected chi connectivity index (χ0v) is 21.2. The molecule has 0 bridgehead atoms. The van der Waals surface area contributed by atoms with Gasteiger partial charge in [-0.15, -0.1) is 0 Å². The first kappa shape index (κ1) is 29.5. The summed E-state index contributed by atoms with van der Waals surface area (Å²) in [6.45, 7) is 13.5. The van der Waals surface area contributed by atoms with E-state index < -0.39 is 5.79 Å². The van der Waals surface area contributed by atoms with Crippen LogP contribution in [0.5, 0.6) is 0 Å². The molecule has 0 amide bonds. The third-order valence-corrected chi connectivity index (χ3v) is 5.95. The van der Waals surface area contributed by atoms with Crippen LogP contribution >= 0.6 is 0 Å². The molecule has 0 saturated carbocycles. The molecule has 180 valence electrons. The van der Waals surface area contributed by atoms with Crippen molar-refractivity contribution >= 4 is 0 Å². The van der Waals surface area contributed by atoms with Crippen molar-refractivity contribution in [1.29, 1.82) is 0 Å². The topological polar surface area (TPSA) is 27.7 Å². The fraction of sp³-hybridized carbons (Fsp3) is 0.926. The van der Waals surface area contributed by atoms with Crippen molar-refractivity contribution in [3.63, 3.8) is 0 Å². The number of ether oxygens (including phenoxy) is 3. The van der Waals surface area contributed by atoms with Crippen LogP contribution in [0.2, 0.25) is 0 Å². The molecule has 0 aromatic carbocycles. The Bertz CT molecular complexity index is 357. The average Bonchev–Trinajstić information content (AvgIpc) is 2.76. The Kier molecular flexibility index (Phi) is 21.3. The van der Waals surface area contributed by atoms with Crippen LogP contribution in [-0.4, -0.2) is 25.6 Å². The van der Waals surface area contributed by atoms with Gasteiger partial charge in [0, 0.05) is 5.92 Å². The molecule has 30 heavy (non-hydrogen) atoms. The fourth-order valence-corrected chi connectivity index (χ4v) is 3.95. The van der Waals surface area contributed by atoms with Gasteiger partial charge in [-0.2, -0.15) is 0 Å². The average molecular weight is 427 g/mol. The summed E-state index contributed by atoms with van der Waals surface area (Å²) < 4.78 is 18.8. The second kappa shape index (κ2) is 21.7. The van der Waals surface area contributed by atoms with Gasteiger partial charge in [0.1, 0.15) is 0 Å². The van der Waals surface area contributed by atoms with E-state index in [9.17, 15) is 0 Å². The van der Waals surface area contributed by atoms with E-state index in [0.29, 0.717) is 5.92 Å². The molecule has 1 atom stereocenters. The lowest BCUT2D eigenvalue weighted by molar-refractivity contribution is -0.272. The zero-order chi connectivity index (χ0) is 22.3. The molecular formula is C27H54O3. The van der Waals surface area contributed by atoms with E-state index in [2.05, 4.69) is 40.7 Å². The van der Waals surface area contributed by atoms with E-state index in [-0.39, 0.29) is 0 Å². The summed E-state index contributed by atoms with van der Waals surface area (Å²) in [5.74, 6) is 0.0219. The summed E-state index contributed by atoms with van der Waals surface area (Å²) in [6.07, 6.45) is 21.8. The molecule has 0 rings (SSSR count). The number of unbranched alkanes of at least 4 members (excludes halogenated alkanes) is 7. The van der Waals surface area contributed by atoms with E-state index in [1.54, 1.807) is 0 Å². The maximum absolute atomic E-state index is 6.54. The molecule has 0 fully saturated rings. The lowest BCUT2D eigenvalue weighted by atomic mass is 9.86. The van der Waals surface area contributed by atoms with Crippen molar-refractivity contribution in [2.75, 3.05) is 19.8 Å². The molecule has 0 aromatic rings. The molecule has 0 aliphatic heterocycles. The van der Waals surface area contributed by atoms with Crippen LogP contribution in [0.25, 0.3) is 0 Å². The summed E-state index contributed by atoms with van der Waals surface area (Å²) in [5.41, 5.74) is 0. The number of hydrogen-bond donors (Lipinski definition) is 0. The summed E-state index contributed by atoms with van der Waals surface area (Å²) in [7, 11) is 0. The van der Waals surface area contributed by atoms with Crippen LogP contribution in [0.1, 0.15) is 131 Å². The minimum absolute atomic E-state index is 0.424. The first-order valence-corrected chi connectivity index (χ1v) is 13.2. The minimum atomic E-state index is -0.424. The van der Waals surface area contributed by atoms with E-state index in [4.69, 9.17) is 14.2 Å². The van der Waals surface area contributed by atoms with Crippen LogP contribution in [0.3, 0.4) is 0 Å². The molecule has 1 unspecified atom stereocenters. The largest absolute Gasteiger partial charge is 0.502 e. The number of allylic oxidation sites excluding steroid dienone is 1. The van der Waals surface area contributed by atoms with Gasteiger partial charge in [0.2, 0.25) is 0 Å². The summed E-state index contributed by atoms with van der Waals surface area (Å²) in [6, 6.07) is 0. The molecule has 0 radical (unpaired) electrons. The summed E-state index contributed by atoms with van der Waals surface area (Å²) in [4.78, 5) is 0. The van der Waals surface area contributed by atoms with Gasteiger partial charge in [-0.3, -0.25) is 0 Å². The van der Waals surface area contributed by atoms with Crippen LogP contribution in [0, 0.1) is 5.92 Å². The predicted octanol–water partition coefficient (Wildman–Crippen LogP) is 8.81. The van der Waals surface area contributed by atoms with Crippen LogP contribution in [-0.2, 0) is 14.2 Å². The lowest BCUT2D eigenvalue weighted by Crippen LogP contribution is -2.44. The van der Waals surface area contributed by atoms with Crippen LogP contribution in [0.15, 0.2) is 12.3 Å². The lowest BCUT2D eigenvalue weighted by Gasteiger charge is -2.40. The van der Waals surface area contributed by atoms with Crippen molar-refractivity contribution in [3.8, 4) is 0 Å². The van der Waals surface area contributed by atoms with Gasteiger partial charge in [-0.05, 0) is 44.9 Å². The summed E-state index contributed by atoms with van der Waals surface area (Å²) in [5, 5.41) is 0. The molecule has 0 aliphatic carbocycles. The van der Waals surface area contributed by atoms with Crippen LogP contribution < -0.4 is 0 Å². The Morgan fingerprint density at radius 1 is 0.633 bits per heavy atom. The van der Waals surface area contributed by atoms with Gasteiger partial charge in [0.25, 0.3) is 0 Å². The van der Waals surface area contributed by atoms with Gasteiger partial charge in [0.15, 0.2) is 5.79 Å². The van der Waals surface area contributed by atoms with E-state index >= 15 is 0 Å². The molecule has 3 heteroatoms. The quantitative estimate of drug-likeness (QED) is 0.0927. The van der Waals surface area contributed by atoms with E-state index in [1.165, 1.54) is 44.9 Å². The highest BCUT2D eigenvalue weighted by Crippen LogP contribution is 2.36. The Morgan fingerprint density at radius 3 is 1.77 bits per heavy atom. The third kappa shape index (κ3) is 14.5. The molecule has 0 N–H and O–H groups in total. The molecule has 0 saturated heterocycles. The maximum atomic E-state index is 6.54. The Morgan fingerprint density at radius 2 is 1.20 bits per heavy atom.